The highest BCUT2D eigenvalue weighted by molar-refractivity contribution is 5.95. The zero-order chi connectivity index (χ0) is 20.6. The van der Waals surface area contributed by atoms with E-state index in [1.165, 1.54) is 19.1 Å². The van der Waals surface area contributed by atoms with Crippen LogP contribution in [0.4, 0.5) is 18.9 Å². The van der Waals surface area contributed by atoms with Crippen LogP contribution in [0.15, 0.2) is 54.6 Å². The Bertz CT molecular complexity index is 794. The Morgan fingerprint density at radius 1 is 1.04 bits per heavy atom. The van der Waals surface area contributed by atoms with E-state index in [0.717, 1.165) is 12.1 Å². The van der Waals surface area contributed by atoms with Crippen LogP contribution in [0, 0.1) is 0 Å². The predicted molar refractivity (Wildman–Crippen MR) is 96.8 cm³/mol. The van der Waals surface area contributed by atoms with Crippen molar-refractivity contribution in [2.24, 2.45) is 0 Å². The number of rotatable bonds is 8. The van der Waals surface area contributed by atoms with Crippen LogP contribution in [0.3, 0.4) is 0 Å². The summed E-state index contributed by atoms with van der Waals surface area (Å²) in [5, 5.41) is 2.15. The van der Waals surface area contributed by atoms with Crippen molar-refractivity contribution in [3.8, 4) is 5.75 Å². The Morgan fingerprint density at radius 3 is 2.36 bits per heavy atom. The first-order valence-electron chi connectivity index (χ1n) is 8.62. The maximum Gasteiger partial charge on any atom is 0.418 e. The summed E-state index contributed by atoms with van der Waals surface area (Å²) in [7, 11) is 0. The Balaban J connectivity index is 1.78. The molecule has 0 unspecified atom stereocenters. The van der Waals surface area contributed by atoms with Crippen LogP contribution in [0.1, 0.15) is 25.3 Å². The molecule has 0 saturated heterocycles. The number of carbonyl (C=O) groups excluding carboxylic acids is 2. The van der Waals surface area contributed by atoms with Crippen molar-refractivity contribution in [2.45, 2.75) is 32.0 Å². The first kappa shape index (κ1) is 21.3. The number of hydrogen-bond acceptors (Lipinski definition) is 4. The molecule has 28 heavy (non-hydrogen) atoms. The smallest absolute Gasteiger partial charge is 0.418 e. The van der Waals surface area contributed by atoms with Gasteiger partial charge in [0.05, 0.1) is 17.9 Å². The second-order valence-electron chi connectivity index (χ2n) is 5.93. The monoisotopic (exact) mass is 395 g/mol. The molecule has 0 bridgehead atoms. The number of para-hydroxylation sites is 2. The summed E-state index contributed by atoms with van der Waals surface area (Å²) < 4.78 is 49.3. The van der Waals surface area contributed by atoms with E-state index in [0.29, 0.717) is 18.8 Å². The van der Waals surface area contributed by atoms with Crippen LogP contribution in [0.25, 0.3) is 0 Å². The number of alkyl halides is 3. The number of esters is 1. The number of anilines is 1. The SMILES string of the molecule is C[C@H](OC(=O)CCCOc1ccccc1)C(=O)Nc1ccccc1C(F)(F)F. The average molecular weight is 395 g/mol. The van der Waals surface area contributed by atoms with Gasteiger partial charge in [0.25, 0.3) is 5.91 Å². The molecule has 2 rings (SSSR count). The molecule has 1 amide bonds. The number of benzene rings is 2. The fourth-order valence-electron chi connectivity index (χ4n) is 2.31. The molecule has 0 heterocycles. The van der Waals surface area contributed by atoms with Gasteiger partial charge >= 0.3 is 12.1 Å². The minimum absolute atomic E-state index is 0.0175. The Morgan fingerprint density at radius 2 is 1.68 bits per heavy atom. The molecular weight excluding hydrogens is 375 g/mol. The van der Waals surface area contributed by atoms with Crippen molar-refractivity contribution in [2.75, 3.05) is 11.9 Å². The van der Waals surface area contributed by atoms with E-state index in [1.807, 2.05) is 18.2 Å². The summed E-state index contributed by atoms with van der Waals surface area (Å²) in [6.07, 6.45) is -5.45. The van der Waals surface area contributed by atoms with Gasteiger partial charge in [-0.05, 0) is 37.6 Å². The summed E-state index contributed by atoms with van der Waals surface area (Å²) in [5.74, 6) is -0.805. The van der Waals surface area contributed by atoms with E-state index >= 15 is 0 Å². The molecule has 0 fully saturated rings. The van der Waals surface area contributed by atoms with Gasteiger partial charge in [0.15, 0.2) is 6.10 Å². The molecule has 2 aromatic carbocycles. The molecule has 2 aromatic rings. The summed E-state index contributed by atoms with van der Waals surface area (Å²) >= 11 is 0. The average Bonchev–Trinajstić information content (AvgIpc) is 2.65. The quantitative estimate of drug-likeness (QED) is 0.530. The van der Waals surface area contributed by atoms with Gasteiger partial charge in [-0.2, -0.15) is 13.2 Å². The molecule has 150 valence electrons. The first-order valence-corrected chi connectivity index (χ1v) is 8.62. The van der Waals surface area contributed by atoms with Crippen molar-refractivity contribution in [1.82, 2.24) is 0 Å². The van der Waals surface area contributed by atoms with Gasteiger partial charge in [0.2, 0.25) is 0 Å². The maximum absolute atomic E-state index is 13.0. The third-order valence-electron chi connectivity index (χ3n) is 3.70. The molecule has 5 nitrogen and oxygen atoms in total. The van der Waals surface area contributed by atoms with Gasteiger partial charge in [-0.3, -0.25) is 9.59 Å². The Kier molecular flexibility index (Phi) is 7.43. The molecule has 1 atom stereocenters. The lowest BCUT2D eigenvalue weighted by Gasteiger charge is -2.16. The second-order valence-corrected chi connectivity index (χ2v) is 5.93. The fraction of sp³-hybridized carbons (Fsp3) is 0.300. The maximum atomic E-state index is 13.0. The normalized spacial score (nSPS) is 12.1. The highest BCUT2D eigenvalue weighted by Gasteiger charge is 2.34. The van der Waals surface area contributed by atoms with Crippen molar-refractivity contribution >= 4 is 17.6 Å². The number of ether oxygens (including phenoxy) is 2. The Hall–Kier alpha value is -3.03. The van der Waals surface area contributed by atoms with Gasteiger partial charge < -0.3 is 14.8 Å². The molecule has 0 aliphatic rings. The molecule has 0 radical (unpaired) electrons. The number of hydrogen-bond donors (Lipinski definition) is 1. The first-order chi connectivity index (χ1) is 13.3. The molecule has 8 heteroatoms. The lowest BCUT2D eigenvalue weighted by molar-refractivity contribution is -0.153. The van der Waals surface area contributed by atoms with Crippen LogP contribution in [0.2, 0.25) is 0 Å². The van der Waals surface area contributed by atoms with Crippen molar-refractivity contribution < 1.29 is 32.2 Å². The van der Waals surface area contributed by atoms with Gasteiger partial charge in [0.1, 0.15) is 5.75 Å². The molecule has 0 saturated carbocycles. The molecule has 0 aromatic heterocycles. The standard InChI is InChI=1S/C20H20F3NO4/c1-14(19(26)24-17-11-6-5-10-16(17)20(21,22)23)28-18(25)12-7-13-27-15-8-3-2-4-9-15/h2-6,8-11,14H,7,12-13H2,1H3,(H,24,26)/t14-/m0/s1. The fourth-order valence-corrected chi connectivity index (χ4v) is 2.31. The van der Waals surface area contributed by atoms with Crippen molar-refractivity contribution in [3.63, 3.8) is 0 Å². The van der Waals surface area contributed by atoms with E-state index in [4.69, 9.17) is 9.47 Å². The van der Waals surface area contributed by atoms with E-state index < -0.39 is 29.7 Å². The summed E-state index contributed by atoms with van der Waals surface area (Å²) in [6.45, 7) is 1.59. The zero-order valence-electron chi connectivity index (χ0n) is 15.2. The van der Waals surface area contributed by atoms with Gasteiger partial charge in [-0.1, -0.05) is 30.3 Å². The molecule has 0 aliphatic carbocycles. The molecule has 0 spiro atoms. The largest absolute Gasteiger partial charge is 0.494 e. The zero-order valence-corrected chi connectivity index (χ0v) is 15.2. The van der Waals surface area contributed by atoms with E-state index in [9.17, 15) is 22.8 Å². The van der Waals surface area contributed by atoms with Crippen LogP contribution < -0.4 is 10.1 Å². The summed E-state index contributed by atoms with van der Waals surface area (Å²) in [5.41, 5.74) is -1.36. The molecule has 1 N–H and O–H groups in total. The minimum atomic E-state index is -4.61. The minimum Gasteiger partial charge on any atom is -0.494 e. The van der Waals surface area contributed by atoms with Crippen molar-refractivity contribution in [1.29, 1.82) is 0 Å². The third-order valence-corrected chi connectivity index (χ3v) is 3.70. The van der Waals surface area contributed by atoms with E-state index in [1.54, 1.807) is 12.1 Å². The number of halogens is 3. The van der Waals surface area contributed by atoms with Crippen molar-refractivity contribution in [3.05, 3.63) is 60.2 Å². The Labute approximate surface area is 160 Å². The third kappa shape index (κ3) is 6.61. The van der Waals surface area contributed by atoms with Gasteiger partial charge in [0, 0.05) is 6.42 Å². The van der Waals surface area contributed by atoms with E-state index in [2.05, 4.69) is 5.32 Å². The predicted octanol–water partition coefficient (Wildman–Crippen LogP) is 4.43. The van der Waals surface area contributed by atoms with Crippen LogP contribution in [0.5, 0.6) is 5.75 Å². The molecular formula is C20H20F3NO4. The van der Waals surface area contributed by atoms with Crippen LogP contribution in [-0.4, -0.2) is 24.6 Å². The highest BCUT2D eigenvalue weighted by atomic mass is 19.4. The van der Waals surface area contributed by atoms with Crippen LogP contribution >= 0.6 is 0 Å². The second kappa shape index (κ2) is 9.77. The summed E-state index contributed by atoms with van der Waals surface area (Å²) in [6, 6.07) is 13.6. The van der Waals surface area contributed by atoms with Crippen LogP contribution in [-0.2, 0) is 20.5 Å². The lowest BCUT2D eigenvalue weighted by atomic mass is 10.1. The molecule has 0 aliphatic heterocycles. The van der Waals surface area contributed by atoms with Gasteiger partial charge in [-0.25, -0.2) is 0 Å². The number of nitrogens with one attached hydrogen (secondary N) is 1. The van der Waals surface area contributed by atoms with E-state index in [-0.39, 0.29) is 12.1 Å². The van der Waals surface area contributed by atoms with Gasteiger partial charge in [-0.15, -0.1) is 0 Å². The lowest BCUT2D eigenvalue weighted by Crippen LogP contribution is -2.30. The summed E-state index contributed by atoms with van der Waals surface area (Å²) in [4.78, 5) is 23.9. The number of carbonyl (C=O) groups is 2. The highest BCUT2D eigenvalue weighted by Crippen LogP contribution is 2.34. The number of amides is 1. The topological polar surface area (TPSA) is 64.6 Å².